The normalized spacial score (nSPS) is 24.2. The van der Waals surface area contributed by atoms with E-state index < -0.39 is 5.97 Å². The monoisotopic (exact) mass is 483 g/mol. The molecule has 2 aliphatic rings. The average Bonchev–Trinajstić information content (AvgIpc) is 3.21. The summed E-state index contributed by atoms with van der Waals surface area (Å²) in [5, 5.41) is 17.0. The van der Waals surface area contributed by atoms with Crippen molar-refractivity contribution in [3.63, 3.8) is 0 Å². The van der Waals surface area contributed by atoms with Crippen molar-refractivity contribution in [3.05, 3.63) is 59.7 Å². The van der Waals surface area contributed by atoms with Crippen molar-refractivity contribution in [1.29, 1.82) is 0 Å². The molecule has 34 heavy (non-hydrogen) atoms. The van der Waals surface area contributed by atoms with Crippen LogP contribution in [0.25, 0.3) is 0 Å². The molecule has 0 amide bonds. The Balaban J connectivity index is 1.50. The highest BCUT2D eigenvalue weighted by molar-refractivity contribution is 7.80. The molecule has 1 aliphatic heterocycles. The van der Waals surface area contributed by atoms with Gasteiger partial charge in [-0.3, -0.25) is 9.69 Å². The molecule has 2 aromatic carbocycles. The van der Waals surface area contributed by atoms with E-state index in [1.54, 1.807) is 14.2 Å². The minimum Gasteiger partial charge on any atom is -0.493 e. The number of carboxylic acids is 1. The zero-order valence-corrected chi connectivity index (χ0v) is 20.6. The van der Waals surface area contributed by atoms with Crippen LogP contribution in [0.4, 0.5) is 0 Å². The SMILES string of the molecule is COc1ccc(C23CCC(NC(=S)NCc4ccccc4)CC2N(CC(=O)O)CC3)cc1OC. The third kappa shape index (κ3) is 5.13. The lowest BCUT2D eigenvalue weighted by atomic mass is 9.65. The van der Waals surface area contributed by atoms with Crippen molar-refractivity contribution in [2.45, 2.75) is 49.7 Å². The maximum atomic E-state index is 11.6. The summed E-state index contributed by atoms with van der Waals surface area (Å²) >= 11 is 5.57. The number of methoxy groups -OCH3 is 2. The predicted octanol–water partition coefficient (Wildman–Crippen LogP) is 3.32. The van der Waals surface area contributed by atoms with Crippen molar-refractivity contribution in [1.82, 2.24) is 15.5 Å². The van der Waals surface area contributed by atoms with Crippen LogP contribution >= 0.6 is 12.2 Å². The van der Waals surface area contributed by atoms with E-state index in [9.17, 15) is 9.90 Å². The zero-order valence-electron chi connectivity index (χ0n) is 19.8. The molecular formula is C26H33N3O4S. The predicted molar refractivity (Wildman–Crippen MR) is 135 cm³/mol. The van der Waals surface area contributed by atoms with Gasteiger partial charge in [0.25, 0.3) is 0 Å². The molecule has 2 aromatic rings. The molecule has 1 saturated carbocycles. The highest BCUT2D eigenvalue weighted by Crippen LogP contribution is 2.50. The van der Waals surface area contributed by atoms with Crippen molar-refractivity contribution in [3.8, 4) is 11.5 Å². The number of thiocarbonyl (C=S) groups is 1. The van der Waals surface area contributed by atoms with Gasteiger partial charge in [0.05, 0.1) is 20.8 Å². The Bertz CT molecular complexity index is 1020. The van der Waals surface area contributed by atoms with Gasteiger partial charge in [-0.2, -0.15) is 0 Å². The Morgan fingerprint density at radius 2 is 1.91 bits per heavy atom. The molecule has 0 radical (unpaired) electrons. The van der Waals surface area contributed by atoms with Crippen LogP contribution in [0.5, 0.6) is 11.5 Å². The maximum absolute atomic E-state index is 11.6. The van der Waals surface area contributed by atoms with Gasteiger partial charge in [-0.15, -0.1) is 0 Å². The first-order chi connectivity index (χ1) is 16.4. The molecule has 3 unspecified atom stereocenters. The number of aliphatic carboxylic acids is 1. The second-order valence-electron chi connectivity index (χ2n) is 9.14. The van der Waals surface area contributed by atoms with Gasteiger partial charge in [0.1, 0.15) is 0 Å². The molecule has 0 aromatic heterocycles. The second-order valence-corrected chi connectivity index (χ2v) is 9.55. The third-order valence-corrected chi connectivity index (χ3v) is 7.56. The van der Waals surface area contributed by atoms with Gasteiger partial charge in [0.2, 0.25) is 0 Å². The number of carboxylic acid groups (broad SMARTS) is 1. The lowest BCUT2D eigenvalue weighted by Gasteiger charge is -2.45. The van der Waals surface area contributed by atoms with Crippen LogP contribution in [-0.2, 0) is 16.8 Å². The summed E-state index contributed by atoms with van der Waals surface area (Å²) in [7, 11) is 3.28. The number of hydrogen-bond acceptors (Lipinski definition) is 5. The van der Waals surface area contributed by atoms with E-state index in [2.05, 4.69) is 39.8 Å². The maximum Gasteiger partial charge on any atom is 0.317 e. The Labute approximate surface area is 206 Å². The second kappa shape index (κ2) is 10.6. The minimum atomic E-state index is -0.793. The molecule has 0 spiro atoms. The number of benzene rings is 2. The molecule has 1 aliphatic carbocycles. The first kappa shape index (κ1) is 24.3. The van der Waals surface area contributed by atoms with Crippen LogP contribution in [0.1, 0.15) is 36.8 Å². The molecule has 4 rings (SSSR count). The largest absolute Gasteiger partial charge is 0.493 e. The molecule has 1 heterocycles. The summed E-state index contributed by atoms with van der Waals surface area (Å²) in [6.45, 7) is 1.47. The van der Waals surface area contributed by atoms with Crippen molar-refractivity contribution < 1.29 is 19.4 Å². The molecule has 182 valence electrons. The number of nitrogens with zero attached hydrogens (tertiary/aromatic N) is 1. The van der Waals surface area contributed by atoms with Crippen LogP contribution in [0.3, 0.4) is 0 Å². The number of rotatable bonds is 8. The number of fused-ring (bicyclic) bond motifs is 1. The van der Waals surface area contributed by atoms with Crippen LogP contribution in [0, 0.1) is 0 Å². The Kier molecular flexibility index (Phi) is 7.58. The number of hydrogen-bond donors (Lipinski definition) is 3. The molecule has 1 saturated heterocycles. The van der Waals surface area contributed by atoms with Gasteiger partial charge in [-0.25, -0.2) is 0 Å². The Morgan fingerprint density at radius 1 is 1.15 bits per heavy atom. The van der Waals surface area contributed by atoms with E-state index in [0.717, 1.165) is 32.2 Å². The topological polar surface area (TPSA) is 83.1 Å². The van der Waals surface area contributed by atoms with E-state index in [0.29, 0.717) is 23.2 Å². The third-order valence-electron chi connectivity index (χ3n) is 7.30. The summed E-state index contributed by atoms with van der Waals surface area (Å²) in [5.74, 6) is 0.611. The highest BCUT2D eigenvalue weighted by atomic mass is 32.1. The summed E-state index contributed by atoms with van der Waals surface area (Å²) in [4.78, 5) is 13.7. The molecular weight excluding hydrogens is 450 g/mol. The number of ether oxygens (including phenoxy) is 2. The summed E-state index contributed by atoms with van der Waals surface area (Å²) in [6, 6.07) is 16.6. The van der Waals surface area contributed by atoms with E-state index in [1.165, 1.54) is 11.1 Å². The first-order valence-electron chi connectivity index (χ1n) is 11.7. The van der Waals surface area contributed by atoms with Gasteiger partial charge < -0.3 is 25.2 Å². The molecule has 8 heteroatoms. The summed E-state index contributed by atoms with van der Waals surface area (Å²) in [5.41, 5.74) is 2.24. The standard InChI is InChI=1S/C26H33N3O4S/c1-32-21-9-8-19(14-22(21)33-2)26-11-10-20(15-23(26)29(13-12-26)17-24(30)31)28-25(34)27-16-18-6-4-3-5-7-18/h3-9,14,20,23H,10-13,15-17H2,1-2H3,(H,30,31)(H2,27,28,34). The lowest BCUT2D eigenvalue weighted by molar-refractivity contribution is -0.138. The molecule has 7 nitrogen and oxygen atoms in total. The Hall–Kier alpha value is -2.84. The van der Waals surface area contributed by atoms with E-state index in [4.69, 9.17) is 21.7 Å². The highest BCUT2D eigenvalue weighted by Gasteiger charge is 2.52. The van der Waals surface area contributed by atoms with Gasteiger partial charge in [0.15, 0.2) is 16.6 Å². The van der Waals surface area contributed by atoms with E-state index in [1.807, 2.05) is 24.3 Å². The van der Waals surface area contributed by atoms with Crippen molar-refractivity contribution in [2.24, 2.45) is 0 Å². The fraction of sp³-hybridized carbons (Fsp3) is 0.462. The van der Waals surface area contributed by atoms with Crippen LogP contribution in [0.2, 0.25) is 0 Å². The summed E-state index contributed by atoms with van der Waals surface area (Å²) in [6.07, 6.45) is 3.65. The molecule has 0 bridgehead atoms. The fourth-order valence-electron chi connectivity index (χ4n) is 5.64. The van der Waals surface area contributed by atoms with Gasteiger partial charge in [-0.1, -0.05) is 36.4 Å². The van der Waals surface area contributed by atoms with Crippen LogP contribution in [0.15, 0.2) is 48.5 Å². The molecule has 2 fully saturated rings. The van der Waals surface area contributed by atoms with Crippen molar-refractivity contribution in [2.75, 3.05) is 27.3 Å². The van der Waals surface area contributed by atoms with E-state index in [-0.39, 0.29) is 24.0 Å². The van der Waals surface area contributed by atoms with Gasteiger partial charge in [-0.05, 0) is 67.7 Å². The number of likely N-dealkylation sites (tertiary alicyclic amines) is 1. The Morgan fingerprint density at radius 3 is 2.62 bits per heavy atom. The van der Waals surface area contributed by atoms with E-state index >= 15 is 0 Å². The van der Waals surface area contributed by atoms with Crippen LogP contribution in [-0.4, -0.2) is 60.5 Å². The first-order valence-corrected chi connectivity index (χ1v) is 12.1. The quantitative estimate of drug-likeness (QED) is 0.494. The number of nitrogens with one attached hydrogen (secondary N) is 2. The fourth-order valence-corrected chi connectivity index (χ4v) is 5.87. The van der Waals surface area contributed by atoms with Gasteiger partial charge >= 0.3 is 5.97 Å². The van der Waals surface area contributed by atoms with Gasteiger partial charge in [0, 0.05) is 24.0 Å². The molecule has 3 atom stereocenters. The minimum absolute atomic E-state index is 0.0448. The smallest absolute Gasteiger partial charge is 0.317 e. The lowest BCUT2D eigenvalue weighted by Crippen LogP contribution is -2.54. The zero-order chi connectivity index (χ0) is 24.1. The average molecular weight is 484 g/mol. The summed E-state index contributed by atoms with van der Waals surface area (Å²) < 4.78 is 11.0. The number of carbonyl (C=O) groups is 1. The molecule has 3 N–H and O–H groups in total. The van der Waals surface area contributed by atoms with Crippen molar-refractivity contribution >= 4 is 23.3 Å². The van der Waals surface area contributed by atoms with Crippen LogP contribution < -0.4 is 20.1 Å².